The first-order chi connectivity index (χ1) is 6.09. The van der Waals surface area contributed by atoms with Gasteiger partial charge in [-0.15, -0.1) is 0 Å². The highest BCUT2D eigenvalue weighted by Gasteiger charge is 2.10. The van der Waals surface area contributed by atoms with Crippen molar-refractivity contribution >= 4 is 29.1 Å². The Balaban J connectivity index is 3.03. The second kappa shape index (κ2) is 2.56. The van der Waals surface area contributed by atoms with Crippen LogP contribution in [0.5, 0.6) is 0 Å². The van der Waals surface area contributed by atoms with Gasteiger partial charge in [0.15, 0.2) is 16.2 Å². The van der Waals surface area contributed by atoms with Crippen LogP contribution in [-0.4, -0.2) is 9.97 Å². The van der Waals surface area contributed by atoms with E-state index in [1.165, 1.54) is 0 Å². The number of nitrogen functional groups attached to an aromatic ring is 1. The summed E-state index contributed by atoms with van der Waals surface area (Å²) in [4.78, 5) is 6.85. The molecule has 0 radical (unpaired) electrons. The zero-order valence-corrected chi connectivity index (χ0v) is 8.16. The van der Waals surface area contributed by atoms with Gasteiger partial charge in [0.2, 0.25) is 0 Å². The third-order valence-electron chi connectivity index (χ3n) is 2.07. The molecule has 0 spiro atoms. The van der Waals surface area contributed by atoms with Crippen molar-refractivity contribution in [2.45, 2.75) is 13.8 Å². The van der Waals surface area contributed by atoms with Crippen molar-refractivity contribution in [1.29, 1.82) is 0 Å². The Labute approximate surface area is 79.8 Å². The number of fused-ring (bicyclic) bond motifs is 1. The number of anilines is 1. The van der Waals surface area contributed by atoms with E-state index in [1.54, 1.807) is 0 Å². The smallest absolute Gasteiger partial charge is 0.199 e. The number of furan rings is 1. The molecule has 68 valence electrons. The second-order valence-corrected chi connectivity index (χ2v) is 3.30. The summed E-state index contributed by atoms with van der Waals surface area (Å²) in [6, 6.07) is 0. The molecule has 0 bridgehead atoms. The Morgan fingerprint density at radius 2 is 2.15 bits per heavy atom. The average molecular weight is 195 g/mol. The van der Waals surface area contributed by atoms with Crippen molar-refractivity contribution in [3.05, 3.63) is 16.1 Å². The first kappa shape index (κ1) is 8.25. The first-order valence-electron chi connectivity index (χ1n) is 3.85. The third kappa shape index (κ3) is 1.12. The predicted molar refractivity (Wildman–Crippen MR) is 53.1 cm³/mol. The molecule has 5 heteroatoms. The molecular formula is C8H9N3OS. The van der Waals surface area contributed by atoms with Crippen LogP contribution in [0.2, 0.25) is 0 Å². The Morgan fingerprint density at radius 1 is 1.46 bits per heavy atom. The molecule has 4 nitrogen and oxygen atoms in total. The number of rotatable bonds is 0. The molecule has 13 heavy (non-hydrogen) atoms. The van der Waals surface area contributed by atoms with Gasteiger partial charge in [-0.3, -0.25) is 0 Å². The van der Waals surface area contributed by atoms with Gasteiger partial charge in [0.1, 0.15) is 5.76 Å². The number of nitrogens with two attached hydrogens (primary N) is 1. The summed E-state index contributed by atoms with van der Waals surface area (Å²) in [5.74, 6) is 1.18. The van der Waals surface area contributed by atoms with E-state index < -0.39 is 0 Å². The largest absolute Gasteiger partial charge is 0.456 e. The molecule has 2 heterocycles. The maximum atomic E-state index is 5.65. The summed E-state index contributed by atoms with van der Waals surface area (Å²) in [6.45, 7) is 3.83. The third-order valence-corrected chi connectivity index (χ3v) is 2.27. The lowest BCUT2D eigenvalue weighted by molar-refractivity contribution is 0.574. The molecule has 0 saturated heterocycles. The van der Waals surface area contributed by atoms with Crippen molar-refractivity contribution < 1.29 is 4.42 Å². The number of hydrogen-bond donors (Lipinski definition) is 2. The molecule has 2 aromatic heterocycles. The van der Waals surface area contributed by atoms with Crippen molar-refractivity contribution in [2.75, 3.05) is 5.73 Å². The number of nitrogens with zero attached hydrogens (tertiary/aromatic N) is 1. The van der Waals surface area contributed by atoms with Gasteiger partial charge in [-0.2, -0.15) is 4.98 Å². The summed E-state index contributed by atoms with van der Waals surface area (Å²) in [5.41, 5.74) is 8.10. The molecule has 0 atom stereocenters. The quantitative estimate of drug-likeness (QED) is 0.631. The van der Waals surface area contributed by atoms with Crippen LogP contribution in [0.1, 0.15) is 11.3 Å². The highest BCUT2D eigenvalue weighted by atomic mass is 32.1. The van der Waals surface area contributed by atoms with Gasteiger partial charge in [-0.05, 0) is 26.1 Å². The van der Waals surface area contributed by atoms with E-state index in [0.717, 1.165) is 16.8 Å². The van der Waals surface area contributed by atoms with Gasteiger partial charge in [0.25, 0.3) is 0 Å². The van der Waals surface area contributed by atoms with E-state index in [0.29, 0.717) is 16.2 Å². The molecule has 2 rings (SSSR count). The highest BCUT2D eigenvalue weighted by Crippen LogP contribution is 2.25. The van der Waals surface area contributed by atoms with Crippen LogP contribution in [0.3, 0.4) is 0 Å². The fourth-order valence-electron chi connectivity index (χ4n) is 1.25. The lowest BCUT2D eigenvalue weighted by Crippen LogP contribution is -1.92. The van der Waals surface area contributed by atoms with Crippen LogP contribution in [-0.2, 0) is 0 Å². The average Bonchev–Trinajstić information content (AvgIpc) is 2.32. The summed E-state index contributed by atoms with van der Waals surface area (Å²) in [5, 5.41) is 0. The van der Waals surface area contributed by atoms with Crippen molar-refractivity contribution in [2.24, 2.45) is 0 Å². The minimum Gasteiger partial charge on any atom is -0.456 e. The van der Waals surface area contributed by atoms with Gasteiger partial charge < -0.3 is 15.1 Å². The van der Waals surface area contributed by atoms with Crippen LogP contribution in [0.4, 0.5) is 5.82 Å². The topological polar surface area (TPSA) is 67.8 Å². The maximum absolute atomic E-state index is 5.65. The Morgan fingerprint density at radius 3 is 2.85 bits per heavy atom. The Hall–Kier alpha value is -1.36. The molecule has 3 N–H and O–H groups in total. The number of nitrogens with one attached hydrogen (secondary N) is 1. The molecule has 0 amide bonds. The number of aryl methyl sites for hydroxylation is 2. The molecule has 0 aliphatic rings. The SMILES string of the molecule is Cc1oc2c(N)nc(=S)[nH]c2c1C. The van der Waals surface area contributed by atoms with Crippen LogP contribution in [0, 0.1) is 18.6 Å². The standard InChI is InChI=1S/C8H9N3OS/c1-3-4(2)12-6-5(3)10-8(13)11-7(6)9/h1-2H3,(H3,9,10,11,13). The summed E-state index contributed by atoms with van der Waals surface area (Å²) < 4.78 is 5.80. The van der Waals surface area contributed by atoms with E-state index in [2.05, 4.69) is 9.97 Å². The zero-order chi connectivity index (χ0) is 9.59. The molecule has 0 fully saturated rings. The van der Waals surface area contributed by atoms with E-state index in [1.807, 2.05) is 13.8 Å². The van der Waals surface area contributed by atoms with Crippen molar-refractivity contribution in [1.82, 2.24) is 9.97 Å². The van der Waals surface area contributed by atoms with E-state index >= 15 is 0 Å². The second-order valence-electron chi connectivity index (χ2n) is 2.91. The van der Waals surface area contributed by atoms with Crippen LogP contribution in [0.25, 0.3) is 11.1 Å². The summed E-state index contributed by atoms with van der Waals surface area (Å²) in [6.07, 6.45) is 0. The minimum absolute atomic E-state index is 0.343. The highest BCUT2D eigenvalue weighted by molar-refractivity contribution is 7.71. The van der Waals surface area contributed by atoms with E-state index in [9.17, 15) is 0 Å². The minimum atomic E-state index is 0.343. The van der Waals surface area contributed by atoms with Gasteiger partial charge in [0, 0.05) is 5.56 Å². The molecule has 2 aromatic rings. The van der Waals surface area contributed by atoms with Crippen LogP contribution in [0.15, 0.2) is 4.42 Å². The molecule has 0 aliphatic carbocycles. The summed E-state index contributed by atoms with van der Waals surface area (Å²) in [7, 11) is 0. The maximum Gasteiger partial charge on any atom is 0.199 e. The molecular weight excluding hydrogens is 186 g/mol. The number of hydrogen-bond acceptors (Lipinski definition) is 4. The van der Waals surface area contributed by atoms with Crippen molar-refractivity contribution in [3.63, 3.8) is 0 Å². The first-order valence-corrected chi connectivity index (χ1v) is 4.26. The zero-order valence-electron chi connectivity index (χ0n) is 7.34. The number of aromatic amines is 1. The van der Waals surface area contributed by atoms with Crippen molar-refractivity contribution in [3.8, 4) is 0 Å². The van der Waals surface area contributed by atoms with Crippen LogP contribution >= 0.6 is 12.2 Å². The number of aromatic nitrogens is 2. The molecule has 0 aromatic carbocycles. The molecule has 0 unspecified atom stereocenters. The lowest BCUT2D eigenvalue weighted by Gasteiger charge is -1.93. The Kier molecular flexibility index (Phi) is 1.63. The molecule has 0 saturated carbocycles. The monoisotopic (exact) mass is 195 g/mol. The molecule has 0 aliphatic heterocycles. The predicted octanol–water partition coefficient (Wildman–Crippen LogP) is 2.08. The summed E-state index contributed by atoms with van der Waals surface area (Å²) >= 11 is 4.91. The lowest BCUT2D eigenvalue weighted by atomic mass is 10.2. The van der Waals surface area contributed by atoms with E-state index in [-0.39, 0.29) is 0 Å². The fourth-order valence-corrected chi connectivity index (χ4v) is 1.45. The fraction of sp³-hybridized carbons (Fsp3) is 0.250. The normalized spacial score (nSPS) is 10.9. The van der Waals surface area contributed by atoms with Gasteiger partial charge in [0.05, 0.1) is 5.52 Å². The van der Waals surface area contributed by atoms with Gasteiger partial charge in [-0.25, -0.2) is 0 Å². The van der Waals surface area contributed by atoms with Gasteiger partial charge in [-0.1, -0.05) is 0 Å². The Bertz CT molecular complexity index is 526. The van der Waals surface area contributed by atoms with Gasteiger partial charge >= 0.3 is 0 Å². The van der Waals surface area contributed by atoms with Crippen LogP contribution < -0.4 is 5.73 Å². The number of H-pyrrole nitrogens is 1. The van der Waals surface area contributed by atoms with E-state index in [4.69, 9.17) is 22.4 Å².